The van der Waals surface area contributed by atoms with Gasteiger partial charge in [0.15, 0.2) is 0 Å². The second-order valence-corrected chi connectivity index (χ2v) is 8.14. The lowest BCUT2D eigenvalue weighted by molar-refractivity contribution is -0.155. The Bertz CT molecular complexity index is 844. The first-order valence-corrected chi connectivity index (χ1v) is 9.90. The van der Waals surface area contributed by atoms with Crippen molar-refractivity contribution in [2.45, 2.75) is 30.4 Å². The second-order valence-electron chi connectivity index (χ2n) is 6.44. The summed E-state index contributed by atoms with van der Waals surface area (Å²) >= 11 is 7.78. The topological polar surface area (TPSA) is 46.6 Å². The number of nitrogens with zero attached hydrogens (tertiary/aromatic N) is 1. The Morgan fingerprint density at radius 1 is 1.19 bits per heavy atom. The second kappa shape index (κ2) is 6.97. The van der Waals surface area contributed by atoms with Crippen LogP contribution in [0.5, 0.6) is 0 Å². The smallest absolute Gasteiger partial charge is 0.330 e. The standard InChI is InChI=1S/C20H18ClNO3S/c21-16-9-5-4-6-14(16)12-25-19(24)17-13-26-20(11-10-18(23)22(17)20)15-7-2-1-3-8-15/h1-9,17H,10-13H2/t17-,20+/m1/s1. The van der Waals surface area contributed by atoms with E-state index in [-0.39, 0.29) is 18.5 Å². The van der Waals surface area contributed by atoms with Crippen molar-refractivity contribution in [2.24, 2.45) is 0 Å². The van der Waals surface area contributed by atoms with Crippen LogP contribution in [0.25, 0.3) is 0 Å². The number of esters is 1. The Balaban J connectivity index is 1.54. The third kappa shape index (κ3) is 2.89. The number of carbonyl (C=O) groups is 2. The number of thioether (sulfide) groups is 1. The molecule has 0 unspecified atom stereocenters. The highest BCUT2D eigenvalue weighted by Crippen LogP contribution is 2.54. The molecule has 0 saturated carbocycles. The molecule has 0 aliphatic carbocycles. The van der Waals surface area contributed by atoms with Gasteiger partial charge in [0.2, 0.25) is 5.91 Å². The molecule has 2 aromatic carbocycles. The van der Waals surface area contributed by atoms with Crippen LogP contribution in [0, 0.1) is 0 Å². The number of carbonyl (C=O) groups excluding carboxylic acids is 2. The maximum Gasteiger partial charge on any atom is 0.330 e. The van der Waals surface area contributed by atoms with Crippen molar-refractivity contribution in [2.75, 3.05) is 5.75 Å². The van der Waals surface area contributed by atoms with Gasteiger partial charge >= 0.3 is 5.97 Å². The van der Waals surface area contributed by atoms with Gasteiger partial charge in [0, 0.05) is 22.8 Å². The van der Waals surface area contributed by atoms with Gasteiger partial charge in [-0.3, -0.25) is 4.79 Å². The number of hydrogen-bond donors (Lipinski definition) is 0. The summed E-state index contributed by atoms with van der Waals surface area (Å²) in [7, 11) is 0. The highest BCUT2D eigenvalue weighted by atomic mass is 35.5. The summed E-state index contributed by atoms with van der Waals surface area (Å²) in [6, 6.07) is 16.7. The fraction of sp³-hybridized carbons (Fsp3) is 0.300. The molecule has 2 aliphatic heterocycles. The Labute approximate surface area is 161 Å². The van der Waals surface area contributed by atoms with E-state index in [0.29, 0.717) is 17.2 Å². The van der Waals surface area contributed by atoms with Crippen LogP contribution < -0.4 is 0 Å². The molecule has 0 N–H and O–H groups in total. The van der Waals surface area contributed by atoms with Gasteiger partial charge in [-0.05, 0) is 18.1 Å². The van der Waals surface area contributed by atoms with E-state index in [9.17, 15) is 9.59 Å². The van der Waals surface area contributed by atoms with Gasteiger partial charge in [-0.2, -0.15) is 0 Å². The lowest BCUT2D eigenvalue weighted by atomic mass is 10.0. The number of ether oxygens (including phenoxy) is 1. The molecule has 2 aliphatic rings. The molecule has 2 saturated heterocycles. The van der Waals surface area contributed by atoms with Gasteiger partial charge in [0.05, 0.1) is 0 Å². The summed E-state index contributed by atoms with van der Waals surface area (Å²) < 4.78 is 5.50. The van der Waals surface area contributed by atoms with Crippen molar-refractivity contribution < 1.29 is 14.3 Å². The van der Waals surface area contributed by atoms with Crippen molar-refractivity contribution in [1.29, 1.82) is 0 Å². The summed E-state index contributed by atoms with van der Waals surface area (Å²) in [4.78, 5) is 26.6. The lowest BCUT2D eigenvalue weighted by Crippen LogP contribution is -2.46. The van der Waals surface area contributed by atoms with Gasteiger partial charge in [0.25, 0.3) is 0 Å². The number of rotatable bonds is 4. The average Bonchev–Trinajstić information content (AvgIpc) is 3.21. The summed E-state index contributed by atoms with van der Waals surface area (Å²) in [5.74, 6) is 0.186. The number of amides is 1. The monoisotopic (exact) mass is 387 g/mol. The molecule has 2 fully saturated rings. The van der Waals surface area contributed by atoms with Crippen LogP contribution in [-0.2, 0) is 25.8 Å². The van der Waals surface area contributed by atoms with Crippen LogP contribution in [0.1, 0.15) is 24.0 Å². The largest absolute Gasteiger partial charge is 0.459 e. The zero-order chi connectivity index (χ0) is 18.1. The summed E-state index contributed by atoms with van der Waals surface area (Å²) in [5.41, 5.74) is 1.83. The van der Waals surface area contributed by atoms with E-state index in [1.54, 1.807) is 22.7 Å². The van der Waals surface area contributed by atoms with E-state index in [1.165, 1.54) is 0 Å². The summed E-state index contributed by atoms with van der Waals surface area (Å²) in [6.07, 6.45) is 1.17. The van der Waals surface area contributed by atoms with Crippen molar-refractivity contribution in [3.8, 4) is 0 Å². The van der Waals surface area contributed by atoms with Gasteiger partial charge in [0.1, 0.15) is 17.5 Å². The van der Waals surface area contributed by atoms with Crippen LogP contribution in [-0.4, -0.2) is 28.6 Å². The molecule has 4 rings (SSSR count). The van der Waals surface area contributed by atoms with Crippen molar-refractivity contribution >= 4 is 35.2 Å². The first-order valence-electron chi connectivity index (χ1n) is 8.53. The summed E-state index contributed by atoms with van der Waals surface area (Å²) in [6.45, 7) is 0.111. The van der Waals surface area contributed by atoms with E-state index in [4.69, 9.17) is 16.3 Å². The van der Waals surface area contributed by atoms with Crippen molar-refractivity contribution in [3.05, 3.63) is 70.7 Å². The van der Waals surface area contributed by atoms with E-state index in [1.807, 2.05) is 48.5 Å². The Kier molecular flexibility index (Phi) is 4.67. The maximum absolute atomic E-state index is 12.7. The first-order chi connectivity index (χ1) is 12.6. The molecule has 6 heteroatoms. The SMILES string of the molecule is O=C(OCc1ccccc1Cl)[C@H]1CS[C@]2(c3ccccc3)CCC(=O)N12. The highest BCUT2D eigenvalue weighted by molar-refractivity contribution is 8.00. The molecule has 0 bridgehead atoms. The van der Waals surface area contributed by atoms with Gasteiger partial charge < -0.3 is 9.64 Å². The molecule has 0 spiro atoms. The van der Waals surface area contributed by atoms with Crippen molar-refractivity contribution in [1.82, 2.24) is 4.90 Å². The lowest BCUT2D eigenvalue weighted by Gasteiger charge is -2.33. The summed E-state index contributed by atoms with van der Waals surface area (Å²) in [5, 5.41) is 0.567. The molecule has 4 nitrogen and oxygen atoms in total. The number of fused-ring (bicyclic) bond motifs is 1. The van der Waals surface area contributed by atoms with Gasteiger partial charge in [-0.1, -0.05) is 60.1 Å². The van der Waals surface area contributed by atoms with E-state index >= 15 is 0 Å². The van der Waals surface area contributed by atoms with Crippen molar-refractivity contribution in [3.63, 3.8) is 0 Å². The molecule has 0 aromatic heterocycles. The van der Waals surface area contributed by atoms with Crippen LogP contribution in [0.2, 0.25) is 5.02 Å². The normalized spacial score (nSPS) is 24.6. The predicted octanol–water partition coefficient (Wildman–Crippen LogP) is 3.97. The molecule has 26 heavy (non-hydrogen) atoms. The van der Waals surface area contributed by atoms with Crippen LogP contribution in [0.4, 0.5) is 0 Å². The Morgan fingerprint density at radius 2 is 1.92 bits per heavy atom. The zero-order valence-corrected chi connectivity index (χ0v) is 15.6. The third-order valence-electron chi connectivity index (χ3n) is 4.95. The Hall–Kier alpha value is -1.98. The number of halogens is 1. The quantitative estimate of drug-likeness (QED) is 0.744. The molecule has 2 aromatic rings. The molecule has 2 heterocycles. The zero-order valence-electron chi connectivity index (χ0n) is 14.1. The molecule has 0 radical (unpaired) electrons. The van der Waals surface area contributed by atoms with Crippen LogP contribution >= 0.6 is 23.4 Å². The number of hydrogen-bond acceptors (Lipinski definition) is 4. The molecular formula is C20H18ClNO3S. The maximum atomic E-state index is 12.7. The number of benzene rings is 2. The minimum absolute atomic E-state index is 0.0125. The van der Waals surface area contributed by atoms with E-state index < -0.39 is 10.9 Å². The fourth-order valence-corrected chi connectivity index (χ4v) is 5.50. The average molecular weight is 388 g/mol. The fourth-order valence-electron chi connectivity index (χ4n) is 3.68. The predicted molar refractivity (Wildman–Crippen MR) is 102 cm³/mol. The van der Waals surface area contributed by atoms with Gasteiger partial charge in [-0.25, -0.2) is 4.79 Å². The molecule has 1 amide bonds. The van der Waals surface area contributed by atoms with E-state index in [0.717, 1.165) is 17.5 Å². The molecular weight excluding hydrogens is 370 g/mol. The first kappa shape index (κ1) is 17.4. The molecule has 134 valence electrons. The van der Waals surface area contributed by atoms with Gasteiger partial charge in [-0.15, -0.1) is 11.8 Å². The van der Waals surface area contributed by atoms with E-state index in [2.05, 4.69) is 0 Å². The molecule has 2 atom stereocenters. The third-order valence-corrected chi connectivity index (χ3v) is 6.92. The highest BCUT2D eigenvalue weighted by Gasteiger charge is 2.57. The minimum atomic E-state index is -0.558. The minimum Gasteiger partial charge on any atom is -0.459 e. The van der Waals surface area contributed by atoms with Crippen LogP contribution in [0.3, 0.4) is 0 Å². The Morgan fingerprint density at radius 3 is 2.69 bits per heavy atom. The van der Waals surface area contributed by atoms with Crippen LogP contribution in [0.15, 0.2) is 54.6 Å².